The van der Waals surface area contributed by atoms with Crippen molar-refractivity contribution < 1.29 is 14.3 Å². The van der Waals surface area contributed by atoms with Gasteiger partial charge in [0.05, 0.1) is 22.3 Å². The summed E-state index contributed by atoms with van der Waals surface area (Å²) in [5.41, 5.74) is 0.544. The number of para-hydroxylation sites is 1. The summed E-state index contributed by atoms with van der Waals surface area (Å²) in [6.07, 6.45) is 0. The van der Waals surface area contributed by atoms with Gasteiger partial charge in [-0.05, 0) is 36.4 Å². The largest absolute Gasteiger partial charge is 0.486 e. The first kappa shape index (κ1) is 22.4. The van der Waals surface area contributed by atoms with Crippen molar-refractivity contribution in [1.29, 1.82) is 0 Å². The minimum absolute atomic E-state index is 0.186. The Balaban J connectivity index is 1.55. The number of hydrogen-bond donors (Lipinski definition) is 1. The molecule has 1 aromatic heterocycles. The number of carbonyl (C=O) groups excluding carboxylic acids is 2. The summed E-state index contributed by atoms with van der Waals surface area (Å²) in [4.78, 5) is 30.4. The van der Waals surface area contributed by atoms with Gasteiger partial charge in [0.1, 0.15) is 23.1 Å². The van der Waals surface area contributed by atoms with E-state index in [0.717, 1.165) is 0 Å². The lowest BCUT2D eigenvalue weighted by Gasteiger charge is -2.16. The predicted octanol–water partition coefficient (Wildman–Crippen LogP) is 5.39. The number of aromatic nitrogens is 1. The second-order valence-electron chi connectivity index (χ2n) is 6.18. The van der Waals surface area contributed by atoms with Crippen molar-refractivity contribution >= 4 is 63.6 Å². The van der Waals surface area contributed by atoms with E-state index in [4.69, 9.17) is 39.5 Å². The molecule has 0 saturated heterocycles. The fourth-order valence-electron chi connectivity index (χ4n) is 2.43. The molecular weight excluding hydrogens is 469 g/mol. The summed E-state index contributed by atoms with van der Waals surface area (Å²) >= 11 is 19.2. The normalized spacial score (nSPS) is 10.5. The topological polar surface area (TPSA) is 71.5 Å². The van der Waals surface area contributed by atoms with Gasteiger partial charge in [-0.2, -0.15) is 0 Å². The molecule has 1 heterocycles. The Morgan fingerprint density at radius 1 is 1.10 bits per heavy atom. The van der Waals surface area contributed by atoms with Crippen LogP contribution in [0, 0.1) is 0 Å². The molecule has 0 fully saturated rings. The van der Waals surface area contributed by atoms with Gasteiger partial charge < -0.3 is 15.0 Å². The molecule has 0 bridgehead atoms. The minimum Gasteiger partial charge on any atom is -0.486 e. The first-order chi connectivity index (χ1) is 14.3. The number of hydrogen-bond acceptors (Lipinski definition) is 5. The van der Waals surface area contributed by atoms with Crippen LogP contribution in [0.2, 0.25) is 15.1 Å². The lowest BCUT2D eigenvalue weighted by Crippen LogP contribution is -2.35. The minimum atomic E-state index is -0.428. The van der Waals surface area contributed by atoms with Gasteiger partial charge in [0.15, 0.2) is 0 Å². The molecular formula is C20H16Cl3N3O3S. The number of anilines is 1. The molecule has 0 atom stereocenters. The lowest BCUT2D eigenvalue weighted by atomic mass is 10.3. The highest BCUT2D eigenvalue weighted by Gasteiger charge is 2.19. The highest BCUT2D eigenvalue weighted by molar-refractivity contribution is 7.09. The van der Waals surface area contributed by atoms with Crippen LogP contribution in [0.3, 0.4) is 0 Å². The van der Waals surface area contributed by atoms with Crippen LogP contribution in [0.15, 0.2) is 47.8 Å². The number of nitrogens with zero attached hydrogens (tertiary/aromatic N) is 2. The number of amides is 2. The molecule has 6 nitrogen and oxygen atoms in total. The molecule has 0 unspecified atom stereocenters. The number of carbonyl (C=O) groups is 2. The van der Waals surface area contributed by atoms with Gasteiger partial charge in [-0.3, -0.25) is 9.59 Å². The van der Waals surface area contributed by atoms with Crippen molar-refractivity contribution in [3.63, 3.8) is 0 Å². The molecule has 3 aromatic rings. The van der Waals surface area contributed by atoms with E-state index in [2.05, 4.69) is 10.3 Å². The third-order valence-electron chi connectivity index (χ3n) is 3.90. The van der Waals surface area contributed by atoms with Gasteiger partial charge >= 0.3 is 0 Å². The van der Waals surface area contributed by atoms with Crippen LogP contribution in [0.5, 0.6) is 5.75 Å². The number of nitrogens with one attached hydrogen (secondary N) is 1. The Labute approximate surface area is 192 Å². The highest BCUT2D eigenvalue weighted by Crippen LogP contribution is 2.29. The van der Waals surface area contributed by atoms with E-state index in [1.165, 1.54) is 23.3 Å². The van der Waals surface area contributed by atoms with Crippen molar-refractivity contribution in [1.82, 2.24) is 9.88 Å². The van der Waals surface area contributed by atoms with Gasteiger partial charge in [0.25, 0.3) is 5.91 Å². The number of halogens is 3. The van der Waals surface area contributed by atoms with E-state index in [1.54, 1.807) is 47.8 Å². The summed E-state index contributed by atoms with van der Waals surface area (Å²) in [6, 6.07) is 11.8. The van der Waals surface area contributed by atoms with Crippen molar-refractivity contribution in [3.05, 3.63) is 73.6 Å². The van der Waals surface area contributed by atoms with E-state index < -0.39 is 5.91 Å². The number of likely N-dealkylation sites (N-methyl/N-ethyl adjacent to an activating group) is 1. The third-order valence-corrected chi connectivity index (χ3v) is 5.61. The Morgan fingerprint density at radius 3 is 2.43 bits per heavy atom. The lowest BCUT2D eigenvalue weighted by molar-refractivity contribution is -0.116. The molecule has 30 heavy (non-hydrogen) atoms. The second-order valence-corrected chi connectivity index (χ2v) is 8.37. The van der Waals surface area contributed by atoms with E-state index >= 15 is 0 Å². The quantitative estimate of drug-likeness (QED) is 0.488. The molecule has 1 N–H and O–H groups in total. The van der Waals surface area contributed by atoms with Crippen molar-refractivity contribution in [3.8, 4) is 5.75 Å². The monoisotopic (exact) mass is 483 g/mol. The van der Waals surface area contributed by atoms with Crippen LogP contribution in [-0.2, 0) is 11.4 Å². The molecule has 0 aliphatic carbocycles. The molecule has 10 heteroatoms. The van der Waals surface area contributed by atoms with Gasteiger partial charge in [0, 0.05) is 17.5 Å². The molecule has 3 rings (SSSR count). The van der Waals surface area contributed by atoms with Crippen LogP contribution >= 0.6 is 46.1 Å². The summed E-state index contributed by atoms with van der Waals surface area (Å²) in [5, 5.41) is 6.13. The fraction of sp³-hybridized carbons (Fsp3) is 0.150. The van der Waals surface area contributed by atoms with Crippen LogP contribution in [0.25, 0.3) is 0 Å². The smallest absolute Gasteiger partial charge is 0.273 e. The van der Waals surface area contributed by atoms with Crippen LogP contribution in [0.1, 0.15) is 15.5 Å². The maximum Gasteiger partial charge on any atom is 0.273 e. The highest BCUT2D eigenvalue weighted by atomic mass is 35.5. The van der Waals surface area contributed by atoms with E-state index in [9.17, 15) is 9.59 Å². The van der Waals surface area contributed by atoms with Crippen molar-refractivity contribution in [2.45, 2.75) is 6.61 Å². The number of thiazole rings is 1. The number of benzene rings is 2. The van der Waals surface area contributed by atoms with Crippen LogP contribution in [-0.4, -0.2) is 35.3 Å². The molecule has 0 spiro atoms. The van der Waals surface area contributed by atoms with Gasteiger partial charge in [0.2, 0.25) is 5.91 Å². The first-order valence-corrected chi connectivity index (χ1v) is 10.7. The average molecular weight is 485 g/mol. The maximum atomic E-state index is 12.6. The summed E-state index contributed by atoms with van der Waals surface area (Å²) in [7, 11) is 1.51. The van der Waals surface area contributed by atoms with Crippen LogP contribution in [0.4, 0.5) is 5.69 Å². The Morgan fingerprint density at radius 2 is 1.77 bits per heavy atom. The summed E-state index contributed by atoms with van der Waals surface area (Å²) in [5.74, 6) is -0.165. The zero-order chi connectivity index (χ0) is 21.7. The van der Waals surface area contributed by atoms with Gasteiger partial charge in [-0.15, -0.1) is 11.3 Å². The Hall–Kier alpha value is -2.32. The van der Waals surface area contributed by atoms with Crippen molar-refractivity contribution in [2.24, 2.45) is 0 Å². The zero-order valence-corrected chi connectivity index (χ0v) is 18.8. The van der Waals surface area contributed by atoms with Gasteiger partial charge in [-0.1, -0.05) is 40.9 Å². The SMILES string of the molecule is CN(CC(=O)Nc1c(Cl)cccc1Cl)C(=O)c1csc(COc2ccc(Cl)cc2)n1. The fourth-order valence-corrected chi connectivity index (χ4v) is 3.73. The molecule has 2 aromatic carbocycles. The summed E-state index contributed by atoms with van der Waals surface area (Å²) in [6.45, 7) is 0.0311. The molecule has 2 amide bonds. The Bertz CT molecular complexity index is 1040. The second kappa shape index (κ2) is 10.1. The predicted molar refractivity (Wildman–Crippen MR) is 120 cm³/mol. The van der Waals surface area contributed by atoms with Gasteiger partial charge in [-0.25, -0.2) is 4.98 Å². The standard InChI is InChI=1S/C20H16Cl3N3O3S/c1-26(9-17(27)25-19-14(22)3-2-4-15(19)23)20(28)16-11-30-18(24-16)10-29-13-7-5-12(21)6-8-13/h2-8,11H,9-10H2,1H3,(H,25,27). The first-order valence-electron chi connectivity index (χ1n) is 8.65. The molecule has 0 aliphatic rings. The number of rotatable bonds is 7. The van der Waals surface area contributed by atoms with E-state index in [-0.39, 0.29) is 24.8 Å². The number of ether oxygens (including phenoxy) is 1. The Kier molecular flexibility index (Phi) is 7.55. The van der Waals surface area contributed by atoms with Crippen LogP contribution < -0.4 is 10.1 Å². The van der Waals surface area contributed by atoms with E-state index in [0.29, 0.717) is 31.5 Å². The zero-order valence-electron chi connectivity index (χ0n) is 15.7. The maximum absolute atomic E-state index is 12.6. The van der Waals surface area contributed by atoms with Crippen molar-refractivity contribution in [2.75, 3.05) is 18.9 Å². The molecule has 0 saturated carbocycles. The average Bonchev–Trinajstić information content (AvgIpc) is 3.19. The summed E-state index contributed by atoms with van der Waals surface area (Å²) < 4.78 is 5.63. The molecule has 156 valence electrons. The molecule has 0 aliphatic heterocycles. The van der Waals surface area contributed by atoms with E-state index in [1.807, 2.05) is 0 Å². The third kappa shape index (κ3) is 5.86. The molecule has 0 radical (unpaired) electrons.